The first-order valence-corrected chi connectivity index (χ1v) is 7.12. The Balaban J connectivity index is 1.81. The van der Waals surface area contributed by atoms with Gasteiger partial charge in [-0.3, -0.25) is 4.79 Å². The van der Waals surface area contributed by atoms with Crippen LogP contribution in [0.15, 0.2) is 36.4 Å². The molecule has 0 N–H and O–H groups in total. The molecule has 0 bridgehead atoms. The fourth-order valence-electron chi connectivity index (χ4n) is 2.44. The van der Waals surface area contributed by atoms with Gasteiger partial charge in [-0.05, 0) is 42.4 Å². The van der Waals surface area contributed by atoms with Gasteiger partial charge in [0.2, 0.25) is 0 Å². The predicted octanol–water partition coefficient (Wildman–Crippen LogP) is 3.38. The van der Waals surface area contributed by atoms with Gasteiger partial charge in [-0.25, -0.2) is 0 Å². The number of benzene rings is 1. The number of esters is 1. The molecule has 1 aliphatic rings. The van der Waals surface area contributed by atoms with E-state index in [0.29, 0.717) is 24.9 Å². The van der Waals surface area contributed by atoms with Crippen molar-refractivity contribution in [1.29, 1.82) is 0 Å². The molecule has 2 unspecified atom stereocenters. The molecule has 0 radical (unpaired) electrons. The van der Waals surface area contributed by atoms with E-state index in [4.69, 9.17) is 9.47 Å². The molecule has 0 saturated heterocycles. The second-order valence-electron chi connectivity index (χ2n) is 5.39. The van der Waals surface area contributed by atoms with Gasteiger partial charge in [0.05, 0.1) is 20.1 Å². The Morgan fingerprint density at radius 2 is 2.10 bits per heavy atom. The second-order valence-corrected chi connectivity index (χ2v) is 5.39. The second kappa shape index (κ2) is 7.13. The number of hydrogen-bond donors (Lipinski definition) is 0. The van der Waals surface area contributed by atoms with Gasteiger partial charge in [0.1, 0.15) is 5.75 Å². The Morgan fingerprint density at radius 3 is 2.85 bits per heavy atom. The average molecular weight is 274 g/mol. The quantitative estimate of drug-likeness (QED) is 0.610. The van der Waals surface area contributed by atoms with Gasteiger partial charge in [0.25, 0.3) is 0 Å². The van der Waals surface area contributed by atoms with Crippen molar-refractivity contribution in [3.05, 3.63) is 42.0 Å². The standard InChI is InChI=1S/C17H22O3/c1-13-6-3-4-8-15(13)12-20-17(18)11-14-7-5-9-16(10-14)19-2/h3-5,7,9-10,13,15H,6,8,11-12H2,1-2H3. The summed E-state index contributed by atoms with van der Waals surface area (Å²) in [5.41, 5.74) is 0.922. The van der Waals surface area contributed by atoms with E-state index in [1.165, 1.54) is 0 Å². The Bertz CT molecular complexity index is 479. The fourth-order valence-corrected chi connectivity index (χ4v) is 2.44. The first-order chi connectivity index (χ1) is 9.69. The molecule has 0 heterocycles. The van der Waals surface area contributed by atoms with Crippen molar-refractivity contribution in [3.63, 3.8) is 0 Å². The zero-order valence-corrected chi connectivity index (χ0v) is 12.2. The summed E-state index contributed by atoms with van der Waals surface area (Å²) in [6.07, 6.45) is 6.78. The van der Waals surface area contributed by atoms with Gasteiger partial charge in [-0.1, -0.05) is 31.2 Å². The highest BCUT2D eigenvalue weighted by Gasteiger charge is 2.20. The van der Waals surface area contributed by atoms with Crippen LogP contribution in [0.3, 0.4) is 0 Å². The zero-order valence-electron chi connectivity index (χ0n) is 12.2. The minimum absolute atomic E-state index is 0.167. The molecule has 3 nitrogen and oxygen atoms in total. The van der Waals surface area contributed by atoms with Gasteiger partial charge >= 0.3 is 5.97 Å². The van der Waals surface area contributed by atoms with E-state index in [2.05, 4.69) is 19.1 Å². The minimum atomic E-state index is -0.167. The Hall–Kier alpha value is -1.77. The van der Waals surface area contributed by atoms with Gasteiger partial charge < -0.3 is 9.47 Å². The highest BCUT2D eigenvalue weighted by molar-refractivity contribution is 5.72. The van der Waals surface area contributed by atoms with E-state index < -0.39 is 0 Å². The number of hydrogen-bond acceptors (Lipinski definition) is 3. The zero-order chi connectivity index (χ0) is 14.4. The van der Waals surface area contributed by atoms with Crippen LogP contribution in [-0.4, -0.2) is 19.7 Å². The lowest BCUT2D eigenvalue weighted by atomic mass is 9.85. The largest absolute Gasteiger partial charge is 0.497 e. The summed E-state index contributed by atoms with van der Waals surface area (Å²) >= 11 is 0. The summed E-state index contributed by atoms with van der Waals surface area (Å²) in [5, 5.41) is 0. The lowest BCUT2D eigenvalue weighted by molar-refractivity contribution is -0.144. The van der Waals surface area contributed by atoms with E-state index in [-0.39, 0.29) is 5.97 Å². The summed E-state index contributed by atoms with van der Waals surface area (Å²) in [5.74, 6) is 1.64. The van der Waals surface area contributed by atoms with Crippen molar-refractivity contribution < 1.29 is 14.3 Å². The normalized spacial score (nSPS) is 21.5. The van der Waals surface area contributed by atoms with Crippen LogP contribution in [0.2, 0.25) is 0 Å². The van der Waals surface area contributed by atoms with E-state index in [1.807, 2.05) is 24.3 Å². The molecule has 20 heavy (non-hydrogen) atoms. The fraction of sp³-hybridized carbons (Fsp3) is 0.471. The molecule has 0 amide bonds. The molecular formula is C17H22O3. The van der Waals surface area contributed by atoms with Crippen LogP contribution in [0.25, 0.3) is 0 Å². The van der Waals surface area contributed by atoms with E-state index in [0.717, 1.165) is 24.2 Å². The van der Waals surface area contributed by atoms with Gasteiger partial charge in [-0.15, -0.1) is 0 Å². The Morgan fingerprint density at radius 1 is 1.30 bits per heavy atom. The summed E-state index contributed by atoms with van der Waals surface area (Å²) in [6, 6.07) is 7.53. The molecular weight excluding hydrogens is 252 g/mol. The van der Waals surface area contributed by atoms with Gasteiger partial charge in [0, 0.05) is 0 Å². The van der Waals surface area contributed by atoms with Crippen LogP contribution in [0.5, 0.6) is 5.75 Å². The van der Waals surface area contributed by atoms with Crippen molar-refractivity contribution in [3.8, 4) is 5.75 Å². The van der Waals surface area contributed by atoms with Crippen molar-refractivity contribution >= 4 is 5.97 Å². The molecule has 0 saturated carbocycles. The summed E-state index contributed by atoms with van der Waals surface area (Å²) < 4.78 is 10.6. The molecule has 108 valence electrons. The third kappa shape index (κ3) is 4.12. The van der Waals surface area contributed by atoms with Gasteiger partial charge in [-0.2, -0.15) is 0 Å². The molecule has 3 heteroatoms. The summed E-state index contributed by atoms with van der Waals surface area (Å²) in [7, 11) is 1.62. The van der Waals surface area contributed by atoms with Crippen molar-refractivity contribution in [1.82, 2.24) is 0 Å². The van der Waals surface area contributed by atoms with Crippen LogP contribution in [0.4, 0.5) is 0 Å². The molecule has 0 aromatic heterocycles. The third-order valence-corrected chi connectivity index (χ3v) is 3.86. The number of allylic oxidation sites excluding steroid dienone is 2. The number of rotatable bonds is 5. The van der Waals surface area contributed by atoms with E-state index >= 15 is 0 Å². The topological polar surface area (TPSA) is 35.5 Å². The molecule has 1 aromatic carbocycles. The van der Waals surface area contributed by atoms with Crippen LogP contribution in [0, 0.1) is 11.8 Å². The van der Waals surface area contributed by atoms with Crippen LogP contribution >= 0.6 is 0 Å². The number of carbonyl (C=O) groups is 1. The van der Waals surface area contributed by atoms with Crippen molar-refractivity contribution in [2.24, 2.45) is 11.8 Å². The Labute approximate surface area is 120 Å². The number of methoxy groups -OCH3 is 1. The monoisotopic (exact) mass is 274 g/mol. The molecule has 2 atom stereocenters. The number of ether oxygens (including phenoxy) is 2. The lowest BCUT2D eigenvalue weighted by Gasteiger charge is -2.24. The van der Waals surface area contributed by atoms with Crippen LogP contribution in [0.1, 0.15) is 25.3 Å². The Kier molecular flexibility index (Phi) is 5.22. The maximum Gasteiger partial charge on any atom is 0.310 e. The molecule has 1 aromatic rings. The number of carbonyl (C=O) groups excluding carboxylic acids is 1. The third-order valence-electron chi connectivity index (χ3n) is 3.86. The first-order valence-electron chi connectivity index (χ1n) is 7.12. The predicted molar refractivity (Wildman–Crippen MR) is 78.7 cm³/mol. The smallest absolute Gasteiger partial charge is 0.310 e. The maximum atomic E-state index is 11.9. The van der Waals surface area contributed by atoms with Crippen molar-refractivity contribution in [2.45, 2.75) is 26.2 Å². The highest BCUT2D eigenvalue weighted by atomic mass is 16.5. The first kappa shape index (κ1) is 14.6. The minimum Gasteiger partial charge on any atom is -0.497 e. The van der Waals surface area contributed by atoms with E-state index in [9.17, 15) is 4.79 Å². The summed E-state index contributed by atoms with van der Waals surface area (Å²) in [4.78, 5) is 11.9. The van der Waals surface area contributed by atoms with Crippen LogP contribution in [-0.2, 0) is 16.0 Å². The maximum absolute atomic E-state index is 11.9. The average Bonchev–Trinajstić information content (AvgIpc) is 2.46. The highest BCUT2D eigenvalue weighted by Crippen LogP contribution is 2.25. The SMILES string of the molecule is COc1cccc(CC(=O)OCC2CC=CCC2C)c1. The molecule has 0 fully saturated rings. The van der Waals surface area contributed by atoms with Gasteiger partial charge in [0.15, 0.2) is 0 Å². The molecule has 1 aliphatic carbocycles. The molecule has 0 spiro atoms. The lowest BCUT2D eigenvalue weighted by Crippen LogP contribution is -2.22. The van der Waals surface area contributed by atoms with Crippen LogP contribution < -0.4 is 4.74 Å². The van der Waals surface area contributed by atoms with E-state index in [1.54, 1.807) is 7.11 Å². The van der Waals surface area contributed by atoms with Crippen molar-refractivity contribution in [2.75, 3.05) is 13.7 Å². The molecule has 0 aliphatic heterocycles. The summed E-state index contributed by atoms with van der Waals surface area (Å²) in [6.45, 7) is 2.73. The molecule has 2 rings (SSSR count).